The largest absolute Gasteiger partial charge is 0.310 e. The summed E-state index contributed by atoms with van der Waals surface area (Å²) >= 11 is 1.63. The van der Waals surface area contributed by atoms with E-state index in [1.807, 2.05) is 17.5 Å². The standard InChI is InChI=1S/C15H15NO3S2/c17-15(8-7-12-4-3-10-20-12)16-9-11-21(18,19)14-6-2-1-5-13(14)16/h1-6,10H,7-9,11H2. The Morgan fingerprint density at radius 1 is 1.19 bits per heavy atom. The fraction of sp³-hybridized carbons (Fsp3) is 0.267. The SMILES string of the molecule is O=C(CCc1cccs1)N1CCS(=O)(=O)c2ccccc21. The average Bonchev–Trinajstić information content (AvgIpc) is 2.98. The van der Waals surface area contributed by atoms with Crippen LogP contribution in [0.3, 0.4) is 0 Å². The molecule has 2 aromatic rings. The molecule has 0 unspecified atom stereocenters. The topological polar surface area (TPSA) is 54.5 Å². The van der Waals surface area contributed by atoms with E-state index in [1.54, 1.807) is 40.5 Å². The molecule has 1 amide bonds. The van der Waals surface area contributed by atoms with E-state index < -0.39 is 9.84 Å². The molecular weight excluding hydrogens is 306 g/mol. The van der Waals surface area contributed by atoms with Gasteiger partial charge in [0, 0.05) is 17.8 Å². The Kier molecular flexibility index (Phi) is 3.82. The van der Waals surface area contributed by atoms with Gasteiger partial charge in [0.25, 0.3) is 0 Å². The molecule has 0 radical (unpaired) electrons. The Labute approximate surface area is 127 Å². The van der Waals surface area contributed by atoms with Gasteiger partial charge in [0.2, 0.25) is 5.91 Å². The van der Waals surface area contributed by atoms with Crippen LogP contribution in [-0.4, -0.2) is 26.6 Å². The van der Waals surface area contributed by atoms with Crippen molar-refractivity contribution in [1.29, 1.82) is 0 Å². The Hall–Kier alpha value is -1.66. The second-order valence-electron chi connectivity index (χ2n) is 4.91. The number of rotatable bonds is 3. The summed E-state index contributed by atoms with van der Waals surface area (Å²) in [6.07, 6.45) is 1.09. The predicted molar refractivity (Wildman–Crippen MR) is 83.5 cm³/mol. The number of amides is 1. The number of nitrogens with zero attached hydrogens (tertiary/aromatic N) is 1. The normalized spacial score (nSPS) is 16.5. The molecule has 0 saturated heterocycles. The van der Waals surface area contributed by atoms with E-state index in [2.05, 4.69) is 0 Å². The van der Waals surface area contributed by atoms with Crippen molar-refractivity contribution in [3.05, 3.63) is 46.7 Å². The highest BCUT2D eigenvalue weighted by Gasteiger charge is 2.30. The van der Waals surface area contributed by atoms with Crippen LogP contribution in [-0.2, 0) is 21.1 Å². The van der Waals surface area contributed by atoms with Crippen LogP contribution in [0.5, 0.6) is 0 Å². The summed E-state index contributed by atoms with van der Waals surface area (Å²) in [7, 11) is -3.26. The van der Waals surface area contributed by atoms with Crippen molar-refractivity contribution in [2.24, 2.45) is 0 Å². The number of anilines is 1. The van der Waals surface area contributed by atoms with Crippen molar-refractivity contribution >= 4 is 32.8 Å². The number of carbonyl (C=O) groups is 1. The minimum absolute atomic E-state index is 0.00520. The molecule has 110 valence electrons. The zero-order chi connectivity index (χ0) is 14.9. The highest BCUT2D eigenvalue weighted by Crippen LogP contribution is 2.30. The Bertz CT molecular complexity index is 751. The van der Waals surface area contributed by atoms with E-state index >= 15 is 0 Å². The third kappa shape index (κ3) is 2.87. The Morgan fingerprint density at radius 2 is 2.00 bits per heavy atom. The van der Waals surface area contributed by atoms with Crippen LogP contribution in [0.2, 0.25) is 0 Å². The third-order valence-electron chi connectivity index (χ3n) is 3.54. The maximum absolute atomic E-state index is 12.4. The van der Waals surface area contributed by atoms with E-state index in [9.17, 15) is 13.2 Å². The first kappa shape index (κ1) is 14.3. The van der Waals surface area contributed by atoms with Crippen molar-refractivity contribution in [2.75, 3.05) is 17.2 Å². The lowest BCUT2D eigenvalue weighted by atomic mass is 10.2. The van der Waals surface area contributed by atoms with Gasteiger partial charge in [-0.15, -0.1) is 11.3 Å². The van der Waals surface area contributed by atoms with Crippen LogP contribution in [0.25, 0.3) is 0 Å². The summed E-state index contributed by atoms with van der Waals surface area (Å²) in [5.41, 5.74) is 0.514. The number of hydrogen-bond donors (Lipinski definition) is 0. The summed E-state index contributed by atoms with van der Waals surface area (Å²) < 4.78 is 24.1. The number of para-hydroxylation sites is 1. The van der Waals surface area contributed by atoms with Gasteiger partial charge in [-0.25, -0.2) is 8.42 Å². The zero-order valence-corrected chi connectivity index (χ0v) is 13.0. The lowest BCUT2D eigenvalue weighted by Gasteiger charge is -2.29. The molecule has 0 bridgehead atoms. The molecule has 3 rings (SSSR count). The smallest absolute Gasteiger partial charge is 0.227 e. The van der Waals surface area contributed by atoms with Crippen LogP contribution in [0.4, 0.5) is 5.69 Å². The molecule has 2 heterocycles. The van der Waals surface area contributed by atoms with Crippen molar-refractivity contribution in [2.45, 2.75) is 17.7 Å². The maximum Gasteiger partial charge on any atom is 0.227 e. The number of sulfone groups is 1. The first-order chi connectivity index (χ1) is 10.1. The Balaban J connectivity index is 1.81. The summed E-state index contributed by atoms with van der Waals surface area (Å²) in [4.78, 5) is 15.4. The fourth-order valence-corrected chi connectivity index (χ4v) is 4.60. The number of benzene rings is 1. The molecule has 21 heavy (non-hydrogen) atoms. The minimum atomic E-state index is -3.26. The molecule has 0 spiro atoms. The van der Waals surface area contributed by atoms with Crippen LogP contribution >= 0.6 is 11.3 Å². The quantitative estimate of drug-likeness (QED) is 0.873. The first-order valence-corrected chi connectivity index (χ1v) is 9.26. The summed E-state index contributed by atoms with van der Waals surface area (Å²) in [6.45, 7) is 0.239. The summed E-state index contributed by atoms with van der Waals surface area (Å²) in [6, 6.07) is 10.7. The fourth-order valence-electron chi connectivity index (χ4n) is 2.46. The summed E-state index contributed by atoms with van der Waals surface area (Å²) in [5.74, 6) is -0.0277. The lowest BCUT2D eigenvalue weighted by Crippen LogP contribution is -2.39. The molecule has 0 aliphatic carbocycles. The van der Waals surface area contributed by atoms with Crippen LogP contribution < -0.4 is 4.90 Å². The Morgan fingerprint density at radius 3 is 2.76 bits per heavy atom. The van der Waals surface area contributed by atoms with Crippen molar-refractivity contribution in [3.8, 4) is 0 Å². The number of hydrogen-bond acceptors (Lipinski definition) is 4. The number of carbonyl (C=O) groups excluding carboxylic acids is 1. The van der Waals surface area contributed by atoms with Gasteiger partial charge in [0.05, 0.1) is 16.3 Å². The van der Waals surface area contributed by atoms with E-state index in [-0.39, 0.29) is 23.1 Å². The van der Waals surface area contributed by atoms with Gasteiger partial charge >= 0.3 is 0 Å². The van der Waals surface area contributed by atoms with Crippen molar-refractivity contribution in [1.82, 2.24) is 0 Å². The molecule has 4 nitrogen and oxygen atoms in total. The molecule has 0 saturated carbocycles. The number of thiophene rings is 1. The molecular formula is C15H15NO3S2. The summed E-state index contributed by atoms with van der Waals surface area (Å²) in [5, 5.41) is 1.99. The van der Waals surface area contributed by atoms with E-state index in [0.29, 0.717) is 18.5 Å². The monoisotopic (exact) mass is 321 g/mol. The van der Waals surface area contributed by atoms with Gasteiger partial charge in [0.15, 0.2) is 9.84 Å². The minimum Gasteiger partial charge on any atom is -0.310 e. The molecule has 1 aromatic heterocycles. The highest BCUT2D eigenvalue weighted by molar-refractivity contribution is 7.91. The first-order valence-electron chi connectivity index (χ1n) is 6.72. The van der Waals surface area contributed by atoms with E-state index in [0.717, 1.165) is 0 Å². The maximum atomic E-state index is 12.4. The van der Waals surface area contributed by atoms with Crippen LogP contribution in [0.15, 0.2) is 46.7 Å². The molecule has 1 aromatic carbocycles. The van der Waals surface area contributed by atoms with Gasteiger partial charge in [-0.3, -0.25) is 4.79 Å². The molecule has 0 fully saturated rings. The van der Waals surface area contributed by atoms with Gasteiger partial charge < -0.3 is 4.90 Å². The second kappa shape index (κ2) is 5.61. The highest BCUT2D eigenvalue weighted by atomic mass is 32.2. The van der Waals surface area contributed by atoms with Crippen molar-refractivity contribution in [3.63, 3.8) is 0 Å². The molecule has 6 heteroatoms. The van der Waals surface area contributed by atoms with Gasteiger partial charge in [-0.1, -0.05) is 18.2 Å². The molecule has 0 atom stereocenters. The third-order valence-corrected chi connectivity index (χ3v) is 6.21. The van der Waals surface area contributed by atoms with Crippen LogP contribution in [0.1, 0.15) is 11.3 Å². The number of fused-ring (bicyclic) bond motifs is 1. The lowest BCUT2D eigenvalue weighted by molar-refractivity contribution is -0.118. The second-order valence-corrected chi connectivity index (χ2v) is 8.02. The van der Waals surface area contributed by atoms with Gasteiger partial charge in [-0.2, -0.15) is 0 Å². The number of aryl methyl sites for hydroxylation is 1. The van der Waals surface area contributed by atoms with Gasteiger partial charge in [-0.05, 0) is 30.0 Å². The average molecular weight is 321 g/mol. The van der Waals surface area contributed by atoms with E-state index in [1.165, 1.54) is 4.88 Å². The molecule has 1 aliphatic rings. The molecule has 0 N–H and O–H groups in total. The van der Waals surface area contributed by atoms with E-state index in [4.69, 9.17) is 0 Å². The zero-order valence-electron chi connectivity index (χ0n) is 11.4. The van der Waals surface area contributed by atoms with Crippen LogP contribution in [0, 0.1) is 0 Å². The van der Waals surface area contributed by atoms with Crippen molar-refractivity contribution < 1.29 is 13.2 Å². The predicted octanol–water partition coefficient (Wildman–Crippen LogP) is 2.50. The van der Waals surface area contributed by atoms with Gasteiger partial charge in [0.1, 0.15) is 0 Å². The molecule has 1 aliphatic heterocycles.